The fourth-order valence-corrected chi connectivity index (χ4v) is 8.36. The van der Waals surface area contributed by atoms with Crippen LogP contribution in [0.25, 0.3) is 10.2 Å². The summed E-state index contributed by atoms with van der Waals surface area (Å²) in [6.07, 6.45) is 11.2. The van der Waals surface area contributed by atoms with Gasteiger partial charge in [0.05, 0.1) is 60.6 Å². The third-order valence-corrected chi connectivity index (χ3v) is 12.1. The minimum atomic E-state index is -0.456. The number of anilines is 1. The van der Waals surface area contributed by atoms with E-state index in [0.717, 1.165) is 48.3 Å². The van der Waals surface area contributed by atoms with Crippen LogP contribution >= 0.6 is 11.3 Å². The molecule has 3 aromatic carbocycles. The minimum Gasteiger partial charge on any atom is -0.494 e. The monoisotopic (exact) mass is 867 g/mol. The van der Waals surface area contributed by atoms with Gasteiger partial charge >= 0.3 is 23.9 Å². The Labute approximate surface area is 364 Å². The van der Waals surface area contributed by atoms with Gasteiger partial charge in [0.1, 0.15) is 29.3 Å². The van der Waals surface area contributed by atoms with Crippen LogP contribution in [0, 0.1) is 23.7 Å². The third-order valence-electron chi connectivity index (χ3n) is 11.0. The molecule has 2 aliphatic rings. The van der Waals surface area contributed by atoms with Crippen molar-refractivity contribution in [3.63, 3.8) is 0 Å². The number of hydrazone groups is 1. The van der Waals surface area contributed by atoms with Crippen molar-refractivity contribution in [2.45, 2.75) is 77.0 Å². The molecule has 62 heavy (non-hydrogen) atoms. The van der Waals surface area contributed by atoms with E-state index >= 15 is 0 Å². The number of carbonyl (C=O) groups excluding carboxylic acids is 5. The number of ether oxygens (including phenoxy) is 5. The summed E-state index contributed by atoms with van der Waals surface area (Å²) in [6.45, 7) is 4.24. The lowest BCUT2D eigenvalue weighted by Crippen LogP contribution is -2.30. The van der Waals surface area contributed by atoms with Crippen molar-refractivity contribution < 1.29 is 52.8 Å². The molecule has 1 aromatic heterocycles. The van der Waals surface area contributed by atoms with Crippen LogP contribution in [0.5, 0.6) is 23.0 Å². The molecule has 0 saturated heterocycles. The van der Waals surface area contributed by atoms with E-state index in [-0.39, 0.29) is 54.3 Å². The SMILES string of the molecule is C=CC(=O)OCCCCCCOc1ccc(OC(=O)[C@H]2CC[C@H](C(=O)Oc3ccc(OC(=O)[C@H]4CC[C@H](C=O)CC4)cc3/C=N/N(CCO)c3nc4ccccc4s3)CC2)cc1. The van der Waals surface area contributed by atoms with E-state index in [2.05, 4.69) is 16.7 Å². The van der Waals surface area contributed by atoms with Gasteiger partial charge in [0.15, 0.2) is 0 Å². The average molecular weight is 868 g/mol. The van der Waals surface area contributed by atoms with Gasteiger partial charge in [0.2, 0.25) is 5.13 Å². The molecule has 0 bridgehead atoms. The molecule has 4 aromatic rings. The number of aliphatic hydroxyl groups is 1. The summed E-state index contributed by atoms with van der Waals surface area (Å²) in [5.41, 5.74) is 1.16. The maximum absolute atomic E-state index is 13.6. The van der Waals surface area contributed by atoms with Gasteiger partial charge in [-0.05, 0) is 132 Å². The number of fused-ring (bicyclic) bond motifs is 1. The van der Waals surface area contributed by atoms with Crippen molar-refractivity contribution in [2.24, 2.45) is 28.8 Å². The van der Waals surface area contributed by atoms with Crippen molar-refractivity contribution in [1.82, 2.24) is 4.98 Å². The number of carbonyl (C=O) groups is 5. The number of para-hydroxylation sites is 1. The fourth-order valence-electron chi connectivity index (χ4n) is 7.41. The summed E-state index contributed by atoms with van der Waals surface area (Å²) >= 11 is 1.42. The van der Waals surface area contributed by atoms with E-state index in [1.807, 2.05) is 24.3 Å². The smallest absolute Gasteiger partial charge is 0.330 e. The van der Waals surface area contributed by atoms with Gasteiger partial charge in [0, 0.05) is 17.6 Å². The summed E-state index contributed by atoms with van der Waals surface area (Å²) in [7, 11) is 0. The van der Waals surface area contributed by atoms with Crippen LogP contribution in [0.15, 0.2) is 84.5 Å². The molecule has 2 saturated carbocycles. The molecule has 0 amide bonds. The molecular weight excluding hydrogens is 815 g/mol. The molecule has 6 rings (SSSR count). The van der Waals surface area contributed by atoms with Crippen molar-refractivity contribution in [1.29, 1.82) is 0 Å². The molecule has 2 fully saturated rings. The molecule has 328 valence electrons. The number of aldehydes is 1. The molecule has 2 aliphatic carbocycles. The Hall–Kier alpha value is -5.93. The van der Waals surface area contributed by atoms with Crippen molar-refractivity contribution in [3.05, 3.63) is 84.9 Å². The molecule has 1 N–H and O–H groups in total. The Balaban J connectivity index is 1.03. The van der Waals surface area contributed by atoms with Crippen LogP contribution in [0.1, 0.15) is 82.6 Å². The molecule has 0 aliphatic heterocycles. The molecule has 0 unspecified atom stereocenters. The third kappa shape index (κ3) is 13.3. The number of unbranched alkanes of at least 4 members (excludes halogenated alkanes) is 3. The first-order valence-corrected chi connectivity index (χ1v) is 22.1. The average Bonchev–Trinajstić information content (AvgIpc) is 3.74. The quantitative estimate of drug-likeness (QED) is 0.0162. The molecule has 15 heteroatoms. The number of aromatic nitrogens is 1. The fraction of sp³-hybridized carbons (Fsp3) is 0.426. The van der Waals surface area contributed by atoms with Crippen LogP contribution < -0.4 is 24.0 Å². The second kappa shape index (κ2) is 23.3. The predicted octanol–water partition coefficient (Wildman–Crippen LogP) is 8.03. The van der Waals surface area contributed by atoms with Crippen LogP contribution in [0.2, 0.25) is 0 Å². The zero-order chi connectivity index (χ0) is 43.7. The van der Waals surface area contributed by atoms with E-state index in [4.69, 9.17) is 23.7 Å². The number of benzene rings is 3. The van der Waals surface area contributed by atoms with E-state index < -0.39 is 17.9 Å². The summed E-state index contributed by atoms with van der Waals surface area (Å²) in [5, 5.41) is 16.6. The normalized spacial score (nSPS) is 18.7. The van der Waals surface area contributed by atoms with Crippen LogP contribution in [0.3, 0.4) is 0 Å². The highest BCUT2D eigenvalue weighted by atomic mass is 32.1. The molecule has 14 nitrogen and oxygen atoms in total. The van der Waals surface area contributed by atoms with E-state index in [1.165, 1.54) is 17.6 Å². The second-order valence-corrected chi connectivity index (χ2v) is 16.4. The lowest BCUT2D eigenvalue weighted by molar-refractivity contribution is -0.145. The van der Waals surface area contributed by atoms with Crippen molar-refractivity contribution in [3.8, 4) is 23.0 Å². The lowest BCUT2D eigenvalue weighted by Gasteiger charge is -2.26. The zero-order valence-corrected chi connectivity index (χ0v) is 35.5. The molecular formula is C47H53N3O11S. The Morgan fingerprint density at radius 1 is 0.758 bits per heavy atom. The van der Waals surface area contributed by atoms with Gasteiger partial charge in [-0.2, -0.15) is 5.10 Å². The highest BCUT2D eigenvalue weighted by Gasteiger charge is 2.33. The van der Waals surface area contributed by atoms with E-state index in [0.29, 0.717) is 86.8 Å². The zero-order valence-electron chi connectivity index (χ0n) is 34.7. The number of rotatable bonds is 21. The standard InChI is InChI=1S/C47H53N3O11S/c1-2-43(53)58-28-8-4-3-7-27-57-37-19-21-38(22-20-37)59-44(54)34-15-17-35(18-16-34)46(56)61-41-24-23-39(60-45(55)33-13-11-32(31-52)12-14-33)29-36(41)30-48-50(25-26-51)47-49-40-9-5-6-10-42(40)62-47/h2,5-6,9-10,19-24,29-35,51H,1,3-4,7-8,11-18,25-28H2/b48-30+/t32-,33-,34-,35-. The summed E-state index contributed by atoms with van der Waals surface area (Å²) in [4.78, 5) is 66.8. The van der Waals surface area contributed by atoms with Gasteiger partial charge in [-0.25, -0.2) is 14.8 Å². The number of hydrogen-bond acceptors (Lipinski definition) is 15. The number of thiazole rings is 1. The predicted molar refractivity (Wildman–Crippen MR) is 234 cm³/mol. The molecule has 0 atom stereocenters. The first kappa shape index (κ1) is 45.6. The highest BCUT2D eigenvalue weighted by molar-refractivity contribution is 7.22. The van der Waals surface area contributed by atoms with Gasteiger partial charge in [0.25, 0.3) is 0 Å². The maximum atomic E-state index is 13.6. The maximum Gasteiger partial charge on any atom is 0.330 e. The molecule has 0 radical (unpaired) electrons. The first-order valence-electron chi connectivity index (χ1n) is 21.3. The largest absolute Gasteiger partial charge is 0.494 e. The van der Waals surface area contributed by atoms with E-state index in [1.54, 1.807) is 47.5 Å². The second-order valence-electron chi connectivity index (χ2n) is 15.4. The van der Waals surface area contributed by atoms with Crippen molar-refractivity contribution in [2.75, 3.05) is 31.4 Å². The molecule has 0 spiro atoms. The van der Waals surface area contributed by atoms with Gasteiger partial charge in [-0.15, -0.1) is 0 Å². The number of nitrogens with zero attached hydrogens (tertiary/aromatic N) is 3. The van der Waals surface area contributed by atoms with Gasteiger partial charge in [-0.3, -0.25) is 14.4 Å². The lowest BCUT2D eigenvalue weighted by atomic mass is 9.82. The molecule has 1 heterocycles. The number of esters is 4. The van der Waals surface area contributed by atoms with Gasteiger partial charge in [-0.1, -0.05) is 30.0 Å². The Kier molecular flexibility index (Phi) is 17.2. The summed E-state index contributed by atoms with van der Waals surface area (Å²) in [5.74, 6) is -1.27. The van der Waals surface area contributed by atoms with Crippen molar-refractivity contribution >= 4 is 63.1 Å². The topological polar surface area (TPSA) is 180 Å². The van der Waals surface area contributed by atoms with Gasteiger partial charge < -0.3 is 33.6 Å². The van der Waals surface area contributed by atoms with E-state index in [9.17, 15) is 29.1 Å². The number of hydrogen-bond donors (Lipinski definition) is 1. The Morgan fingerprint density at radius 3 is 2.00 bits per heavy atom. The number of aliphatic hydroxyl groups excluding tert-OH is 1. The van der Waals surface area contributed by atoms with Crippen LogP contribution in [-0.4, -0.2) is 72.8 Å². The Morgan fingerprint density at radius 2 is 1.35 bits per heavy atom. The first-order chi connectivity index (χ1) is 30.2. The Bertz CT molecular complexity index is 2140. The minimum absolute atomic E-state index is 0.0373. The summed E-state index contributed by atoms with van der Waals surface area (Å²) < 4.78 is 29.2. The summed E-state index contributed by atoms with van der Waals surface area (Å²) in [6, 6.07) is 19.3. The highest BCUT2D eigenvalue weighted by Crippen LogP contribution is 2.34. The van der Waals surface area contributed by atoms with Crippen LogP contribution in [-0.2, 0) is 28.7 Å². The van der Waals surface area contributed by atoms with Crippen LogP contribution in [0.4, 0.5) is 5.13 Å².